The minimum absolute atomic E-state index is 0.0133. The van der Waals surface area contributed by atoms with Crippen LogP contribution >= 0.6 is 0 Å². The average Bonchev–Trinajstić information content (AvgIpc) is 3.25. The molecular formula is C23H29NO7S. The molecule has 1 saturated heterocycles. The topological polar surface area (TPSA) is 101 Å². The Morgan fingerprint density at radius 3 is 2.34 bits per heavy atom. The molecule has 1 aliphatic rings. The maximum Gasteiger partial charge on any atom is 0.309 e. The summed E-state index contributed by atoms with van der Waals surface area (Å²) in [6.45, 7) is 5.88. The number of carbonyl (C=O) groups excluding carboxylic acids is 2. The summed E-state index contributed by atoms with van der Waals surface area (Å²) in [4.78, 5) is 24.6. The Bertz CT molecular complexity index is 1070. The predicted molar refractivity (Wildman–Crippen MR) is 119 cm³/mol. The van der Waals surface area contributed by atoms with Gasteiger partial charge in [0.05, 0.1) is 31.1 Å². The highest BCUT2D eigenvalue weighted by atomic mass is 32.2. The molecule has 2 aromatic rings. The highest BCUT2D eigenvalue weighted by molar-refractivity contribution is 7.91. The molecule has 9 heteroatoms. The Hall–Kier alpha value is -2.81. The van der Waals surface area contributed by atoms with Crippen molar-refractivity contribution in [2.45, 2.75) is 39.7 Å². The maximum absolute atomic E-state index is 12.6. The van der Waals surface area contributed by atoms with Crippen LogP contribution in [0.2, 0.25) is 0 Å². The summed E-state index contributed by atoms with van der Waals surface area (Å²) in [6.07, 6.45) is 0.551. The Kier molecular flexibility index (Phi) is 7.60. The number of aryl methyl sites for hydroxylation is 1. The Morgan fingerprint density at radius 1 is 1.09 bits per heavy atom. The second kappa shape index (κ2) is 10.2. The van der Waals surface area contributed by atoms with Gasteiger partial charge in [-0.15, -0.1) is 0 Å². The molecule has 0 spiro atoms. The van der Waals surface area contributed by atoms with E-state index in [9.17, 15) is 18.0 Å². The molecule has 2 heterocycles. The van der Waals surface area contributed by atoms with E-state index >= 15 is 0 Å². The van der Waals surface area contributed by atoms with Crippen LogP contribution in [0.25, 0.3) is 0 Å². The van der Waals surface area contributed by atoms with Crippen LogP contribution in [0, 0.1) is 13.8 Å². The van der Waals surface area contributed by atoms with Gasteiger partial charge in [0.1, 0.15) is 11.5 Å². The van der Waals surface area contributed by atoms with Gasteiger partial charge < -0.3 is 18.8 Å². The van der Waals surface area contributed by atoms with Crippen molar-refractivity contribution in [1.82, 2.24) is 4.57 Å². The van der Waals surface area contributed by atoms with Crippen molar-refractivity contribution in [3.63, 3.8) is 0 Å². The second-order valence-electron chi connectivity index (χ2n) is 7.80. The van der Waals surface area contributed by atoms with E-state index in [1.807, 2.05) is 18.4 Å². The Balaban J connectivity index is 1.48. The number of carbonyl (C=O) groups is 2. The second-order valence-corrected chi connectivity index (χ2v) is 10.0. The van der Waals surface area contributed by atoms with Crippen LogP contribution in [0.5, 0.6) is 11.5 Å². The molecule has 3 rings (SSSR count). The lowest BCUT2D eigenvalue weighted by atomic mass is 10.1. The zero-order valence-corrected chi connectivity index (χ0v) is 19.4. The number of ketones is 1. The molecule has 32 heavy (non-hydrogen) atoms. The van der Waals surface area contributed by atoms with Crippen molar-refractivity contribution in [3.8, 4) is 11.5 Å². The summed E-state index contributed by atoms with van der Waals surface area (Å²) < 4.78 is 41.5. The molecular weight excluding hydrogens is 434 g/mol. The van der Waals surface area contributed by atoms with Gasteiger partial charge in [-0.25, -0.2) is 8.42 Å². The summed E-state index contributed by atoms with van der Waals surface area (Å²) in [5, 5.41) is 0. The van der Waals surface area contributed by atoms with Gasteiger partial charge in [0.2, 0.25) is 5.78 Å². The van der Waals surface area contributed by atoms with Crippen LogP contribution in [0.4, 0.5) is 0 Å². The van der Waals surface area contributed by atoms with Crippen molar-refractivity contribution in [2.24, 2.45) is 0 Å². The van der Waals surface area contributed by atoms with Crippen molar-refractivity contribution < 1.29 is 32.2 Å². The summed E-state index contributed by atoms with van der Waals surface area (Å²) in [5.41, 5.74) is 1.97. The van der Waals surface area contributed by atoms with Crippen molar-refractivity contribution in [2.75, 3.05) is 31.3 Å². The van der Waals surface area contributed by atoms with E-state index in [2.05, 4.69) is 0 Å². The highest BCUT2D eigenvalue weighted by Gasteiger charge is 2.31. The number of aromatic nitrogens is 1. The number of nitrogens with zero attached hydrogens (tertiary/aromatic N) is 1. The molecule has 0 bridgehead atoms. The lowest BCUT2D eigenvalue weighted by molar-refractivity contribution is -0.143. The fourth-order valence-corrected chi connectivity index (χ4v) is 5.65. The summed E-state index contributed by atoms with van der Waals surface area (Å²) in [7, 11) is -3.04. The van der Waals surface area contributed by atoms with Crippen molar-refractivity contribution >= 4 is 21.6 Å². The molecule has 1 fully saturated rings. The molecule has 1 unspecified atom stereocenters. The molecule has 0 aliphatic carbocycles. The normalized spacial score (nSPS) is 17.2. The fourth-order valence-electron chi connectivity index (χ4n) is 3.95. The first kappa shape index (κ1) is 23.8. The smallest absolute Gasteiger partial charge is 0.309 e. The van der Waals surface area contributed by atoms with Gasteiger partial charge in [0.25, 0.3) is 0 Å². The van der Waals surface area contributed by atoms with E-state index in [4.69, 9.17) is 14.2 Å². The molecule has 0 saturated carbocycles. The molecule has 0 radical (unpaired) electrons. The van der Waals surface area contributed by atoms with E-state index in [1.165, 1.54) is 0 Å². The number of hydrogen-bond acceptors (Lipinski definition) is 7. The number of Topliss-reactive ketones (excluding diaryl/α,β-unsaturated/α-hetero) is 1. The van der Waals surface area contributed by atoms with Crippen LogP contribution < -0.4 is 9.47 Å². The number of rotatable bonds is 10. The van der Waals surface area contributed by atoms with E-state index in [1.54, 1.807) is 37.3 Å². The van der Waals surface area contributed by atoms with Gasteiger partial charge in [-0.3, -0.25) is 9.59 Å². The molecule has 8 nitrogen and oxygen atoms in total. The summed E-state index contributed by atoms with van der Waals surface area (Å²) >= 11 is 0. The summed E-state index contributed by atoms with van der Waals surface area (Å²) in [6, 6.07) is 8.64. The first-order chi connectivity index (χ1) is 15.2. The standard InChI is InChI=1S/C23H29NO7S/c1-4-29-19-5-7-20(8-6-19)30-11-9-23(26)31-14-22(25)21-13-16(2)24(17(21)3)18-10-12-32(27,28)15-18/h5-8,13,18H,4,9-12,14-15H2,1-3H3. The summed E-state index contributed by atoms with van der Waals surface area (Å²) in [5.74, 6) is 0.755. The van der Waals surface area contributed by atoms with E-state index < -0.39 is 15.8 Å². The maximum atomic E-state index is 12.6. The fraction of sp³-hybridized carbons (Fsp3) is 0.478. The number of esters is 1. The third-order valence-corrected chi connectivity index (χ3v) is 7.18. The molecule has 1 aromatic carbocycles. The van der Waals surface area contributed by atoms with Gasteiger partial charge >= 0.3 is 5.97 Å². The predicted octanol–water partition coefficient (Wildman–Crippen LogP) is 3.06. The van der Waals surface area contributed by atoms with Crippen molar-refractivity contribution in [1.29, 1.82) is 0 Å². The molecule has 0 N–H and O–H groups in total. The van der Waals surface area contributed by atoms with Crippen LogP contribution in [0.3, 0.4) is 0 Å². The third-order valence-electron chi connectivity index (χ3n) is 5.43. The van der Waals surface area contributed by atoms with Crippen LogP contribution in [-0.4, -0.2) is 56.1 Å². The van der Waals surface area contributed by atoms with Gasteiger partial charge in [-0.05, 0) is 57.5 Å². The lowest BCUT2D eigenvalue weighted by Crippen LogP contribution is -2.17. The minimum Gasteiger partial charge on any atom is -0.494 e. The first-order valence-electron chi connectivity index (χ1n) is 10.6. The van der Waals surface area contributed by atoms with Gasteiger partial charge in [-0.1, -0.05) is 0 Å². The molecule has 0 amide bonds. The van der Waals surface area contributed by atoms with Gasteiger partial charge in [0, 0.05) is 23.0 Å². The van der Waals surface area contributed by atoms with E-state index in [0.29, 0.717) is 30.0 Å². The van der Waals surface area contributed by atoms with Crippen LogP contribution in [0.15, 0.2) is 30.3 Å². The molecule has 174 valence electrons. The lowest BCUT2D eigenvalue weighted by Gasteiger charge is -2.16. The zero-order chi connectivity index (χ0) is 23.3. The highest BCUT2D eigenvalue weighted by Crippen LogP contribution is 2.29. The number of benzene rings is 1. The minimum atomic E-state index is -3.04. The Morgan fingerprint density at radius 2 is 1.75 bits per heavy atom. The first-order valence-corrected chi connectivity index (χ1v) is 12.5. The Labute approximate surface area is 188 Å². The number of hydrogen-bond donors (Lipinski definition) is 0. The monoisotopic (exact) mass is 463 g/mol. The number of ether oxygens (including phenoxy) is 3. The van der Waals surface area contributed by atoms with Crippen LogP contribution in [-0.2, 0) is 19.4 Å². The van der Waals surface area contributed by atoms with Gasteiger partial charge in [0.15, 0.2) is 16.4 Å². The third kappa shape index (κ3) is 5.91. The molecule has 1 aliphatic heterocycles. The molecule has 1 aromatic heterocycles. The largest absolute Gasteiger partial charge is 0.494 e. The number of sulfone groups is 1. The van der Waals surface area contributed by atoms with Gasteiger partial charge in [-0.2, -0.15) is 0 Å². The van der Waals surface area contributed by atoms with E-state index in [0.717, 1.165) is 11.4 Å². The quantitative estimate of drug-likeness (QED) is 0.394. The average molecular weight is 464 g/mol. The van der Waals surface area contributed by atoms with Crippen molar-refractivity contribution in [3.05, 3.63) is 47.3 Å². The molecule has 1 atom stereocenters. The van der Waals surface area contributed by atoms with E-state index in [-0.39, 0.29) is 43.0 Å². The zero-order valence-electron chi connectivity index (χ0n) is 18.6. The van der Waals surface area contributed by atoms with Crippen LogP contribution in [0.1, 0.15) is 47.6 Å². The SMILES string of the molecule is CCOc1ccc(OCCC(=O)OCC(=O)c2cc(C)n(C3CCS(=O)(=O)C3)c2C)cc1.